The highest BCUT2D eigenvalue weighted by Crippen LogP contribution is 2.24. The number of thioether (sulfide) groups is 1. The first-order chi connectivity index (χ1) is 12.6. The average molecular weight is 379 g/mol. The van der Waals surface area contributed by atoms with E-state index in [1.807, 2.05) is 25.1 Å². The minimum atomic E-state index is -0.139. The first-order valence-electron chi connectivity index (χ1n) is 9.38. The molecule has 2 rings (SSSR count). The number of amides is 2. The molecule has 2 N–H and O–H groups in total. The molecule has 5 nitrogen and oxygen atoms in total. The predicted octanol–water partition coefficient (Wildman–Crippen LogP) is 3.24. The first kappa shape index (κ1) is 20.8. The van der Waals surface area contributed by atoms with Gasteiger partial charge in [-0.25, -0.2) is 0 Å². The molecule has 0 saturated heterocycles. The molecule has 1 atom stereocenters. The van der Waals surface area contributed by atoms with Crippen LogP contribution in [0.25, 0.3) is 0 Å². The second-order valence-electron chi connectivity index (χ2n) is 6.92. The van der Waals surface area contributed by atoms with Gasteiger partial charge in [-0.15, -0.1) is 11.8 Å². The van der Waals surface area contributed by atoms with Crippen molar-refractivity contribution < 1.29 is 14.3 Å². The quantitative estimate of drug-likeness (QED) is 0.648. The van der Waals surface area contributed by atoms with Crippen LogP contribution < -0.4 is 10.6 Å². The first-order valence-corrected chi connectivity index (χ1v) is 10.4. The number of benzene rings is 1. The van der Waals surface area contributed by atoms with Crippen molar-refractivity contribution >= 4 is 23.6 Å². The van der Waals surface area contributed by atoms with Crippen LogP contribution in [0, 0.1) is 5.92 Å². The van der Waals surface area contributed by atoms with Crippen LogP contribution >= 0.6 is 11.8 Å². The Bertz CT molecular complexity index is 588. The van der Waals surface area contributed by atoms with E-state index in [-0.39, 0.29) is 17.9 Å². The fraction of sp³-hybridized carbons (Fsp3) is 0.600. The minimum Gasteiger partial charge on any atom is -0.383 e. The Kier molecular flexibility index (Phi) is 8.98. The van der Waals surface area contributed by atoms with Crippen LogP contribution in [0.15, 0.2) is 29.2 Å². The molecule has 0 spiro atoms. The van der Waals surface area contributed by atoms with E-state index in [1.54, 1.807) is 13.2 Å². The number of ether oxygens (including phenoxy) is 1. The van der Waals surface area contributed by atoms with Crippen molar-refractivity contribution in [2.45, 2.75) is 50.0 Å². The summed E-state index contributed by atoms with van der Waals surface area (Å²) in [5.41, 5.74) is 0.598. The Morgan fingerprint density at radius 3 is 2.69 bits per heavy atom. The maximum atomic E-state index is 12.4. The molecule has 6 heteroatoms. The third-order valence-electron chi connectivity index (χ3n) is 4.60. The van der Waals surface area contributed by atoms with Gasteiger partial charge < -0.3 is 15.4 Å². The summed E-state index contributed by atoms with van der Waals surface area (Å²) in [6.45, 7) is 3.14. The Morgan fingerprint density at radius 1 is 1.23 bits per heavy atom. The number of rotatable bonds is 9. The third-order valence-corrected chi connectivity index (χ3v) is 5.67. The van der Waals surface area contributed by atoms with Crippen molar-refractivity contribution in [2.24, 2.45) is 5.92 Å². The third kappa shape index (κ3) is 7.00. The highest BCUT2D eigenvalue weighted by Gasteiger charge is 2.16. The van der Waals surface area contributed by atoms with Gasteiger partial charge in [0.25, 0.3) is 5.91 Å². The van der Waals surface area contributed by atoms with E-state index >= 15 is 0 Å². The van der Waals surface area contributed by atoms with Gasteiger partial charge in [-0.2, -0.15) is 0 Å². The molecule has 1 aliphatic carbocycles. The van der Waals surface area contributed by atoms with Gasteiger partial charge in [-0.05, 0) is 37.8 Å². The standard InChI is InChI=1S/C20H30N2O3S/c1-15(13-25-2)22-20(24)17-10-6-7-11-18(17)26-14-19(23)21-12-16-8-4-3-5-9-16/h6-7,10-11,15-16H,3-5,8-9,12-14H2,1-2H3,(H,21,23)(H,22,24). The average Bonchev–Trinajstić information content (AvgIpc) is 2.66. The van der Waals surface area contributed by atoms with Gasteiger partial charge >= 0.3 is 0 Å². The summed E-state index contributed by atoms with van der Waals surface area (Å²) in [4.78, 5) is 25.4. The molecule has 0 aliphatic heterocycles. The second-order valence-corrected chi connectivity index (χ2v) is 7.94. The van der Waals surface area contributed by atoms with Crippen LogP contribution in [0.5, 0.6) is 0 Å². The molecule has 2 amide bonds. The summed E-state index contributed by atoms with van der Waals surface area (Å²) in [6, 6.07) is 7.33. The van der Waals surface area contributed by atoms with E-state index in [2.05, 4.69) is 10.6 Å². The molecular weight excluding hydrogens is 348 g/mol. The predicted molar refractivity (Wildman–Crippen MR) is 106 cm³/mol. The molecule has 1 saturated carbocycles. The van der Waals surface area contributed by atoms with Crippen molar-refractivity contribution in [3.05, 3.63) is 29.8 Å². The van der Waals surface area contributed by atoms with Gasteiger partial charge in [0.1, 0.15) is 0 Å². The Morgan fingerprint density at radius 2 is 1.96 bits per heavy atom. The molecule has 26 heavy (non-hydrogen) atoms. The van der Waals surface area contributed by atoms with Crippen LogP contribution in [0.3, 0.4) is 0 Å². The van der Waals surface area contributed by atoms with Gasteiger partial charge in [-0.1, -0.05) is 31.4 Å². The van der Waals surface area contributed by atoms with E-state index in [0.717, 1.165) is 11.4 Å². The number of methoxy groups -OCH3 is 1. The summed E-state index contributed by atoms with van der Waals surface area (Å²) in [7, 11) is 1.61. The molecule has 0 aromatic heterocycles. The normalized spacial score (nSPS) is 16.1. The van der Waals surface area contributed by atoms with Crippen molar-refractivity contribution in [1.29, 1.82) is 0 Å². The largest absolute Gasteiger partial charge is 0.383 e. The highest BCUT2D eigenvalue weighted by molar-refractivity contribution is 8.00. The Hall–Kier alpha value is -1.53. The molecule has 0 heterocycles. The molecule has 1 fully saturated rings. The Balaban J connectivity index is 1.83. The zero-order chi connectivity index (χ0) is 18.8. The lowest BCUT2D eigenvalue weighted by Crippen LogP contribution is -2.36. The molecule has 0 bridgehead atoms. The molecule has 1 unspecified atom stereocenters. The minimum absolute atomic E-state index is 0.0311. The molecular formula is C20H30N2O3S. The van der Waals surface area contributed by atoms with Gasteiger partial charge in [0.2, 0.25) is 5.91 Å². The Labute approximate surface area is 160 Å². The van der Waals surface area contributed by atoms with Gasteiger partial charge in [0.15, 0.2) is 0 Å². The topological polar surface area (TPSA) is 67.4 Å². The number of nitrogens with one attached hydrogen (secondary N) is 2. The van der Waals surface area contributed by atoms with E-state index < -0.39 is 0 Å². The van der Waals surface area contributed by atoms with Crippen LogP contribution in [0.4, 0.5) is 0 Å². The molecule has 1 aliphatic rings. The lowest BCUT2D eigenvalue weighted by atomic mass is 9.89. The summed E-state index contributed by atoms with van der Waals surface area (Å²) < 4.78 is 5.05. The summed E-state index contributed by atoms with van der Waals surface area (Å²) >= 11 is 1.41. The van der Waals surface area contributed by atoms with Gasteiger partial charge in [0, 0.05) is 24.6 Å². The second kappa shape index (κ2) is 11.2. The van der Waals surface area contributed by atoms with E-state index in [9.17, 15) is 9.59 Å². The molecule has 144 valence electrons. The molecule has 0 radical (unpaired) electrons. The van der Waals surface area contributed by atoms with E-state index in [1.165, 1.54) is 43.9 Å². The van der Waals surface area contributed by atoms with Crippen LogP contribution in [0.1, 0.15) is 49.4 Å². The maximum Gasteiger partial charge on any atom is 0.252 e. The van der Waals surface area contributed by atoms with E-state index in [4.69, 9.17) is 4.74 Å². The van der Waals surface area contributed by atoms with Crippen LogP contribution in [-0.4, -0.2) is 43.9 Å². The van der Waals surface area contributed by atoms with E-state index in [0.29, 0.717) is 23.8 Å². The fourth-order valence-electron chi connectivity index (χ4n) is 3.22. The summed E-state index contributed by atoms with van der Waals surface area (Å²) in [6.07, 6.45) is 6.31. The van der Waals surface area contributed by atoms with Gasteiger partial charge in [0.05, 0.1) is 17.9 Å². The zero-order valence-electron chi connectivity index (χ0n) is 15.8. The number of carbonyl (C=O) groups is 2. The van der Waals surface area contributed by atoms with Crippen LogP contribution in [-0.2, 0) is 9.53 Å². The smallest absolute Gasteiger partial charge is 0.252 e. The maximum absolute atomic E-state index is 12.4. The number of hydrogen-bond donors (Lipinski definition) is 2. The SMILES string of the molecule is COCC(C)NC(=O)c1ccccc1SCC(=O)NCC1CCCCC1. The lowest BCUT2D eigenvalue weighted by molar-refractivity contribution is -0.118. The van der Waals surface area contributed by atoms with Crippen molar-refractivity contribution in [3.8, 4) is 0 Å². The number of carbonyl (C=O) groups excluding carboxylic acids is 2. The highest BCUT2D eigenvalue weighted by atomic mass is 32.2. The van der Waals surface area contributed by atoms with Crippen molar-refractivity contribution in [3.63, 3.8) is 0 Å². The summed E-state index contributed by atoms with van der Waals surface area (Å²) in [5.74, 6) is 0.840. The van der Waals surface area contributed by atoms with Crippen LogP contribution in [0.2, 0.25) is 0 Å². The monoisotopic (exact) mass is 378 g/mol. The van der Waals surface area contributed by atoms with Crippen molar-refractivity contribution in [2.75, 3.05) is 26.0 Å². The zero-order valence-corrected chi connectivity index (χ0v) is 16.6. The fourth-order valence-corrected chi connectivity index (χ4v) is 4.10. The number of hydrogen-bond acceptors (Lipinski definition) is 4. The lowest BCUT2D eigenvalue weighted by Gasteiger charge is -2.21. The van der Waals surface area contributed by atoms with Gasteiger partial charge in [-0.3, -0.25) is 9.59 Å². The molecule has 1 aromatic rings. The van der Waals surface area contributed by atoms with Crippen molar-refractivity contribution in [1.82, 2.24) is 10.6 Å². The molecule has 1 aromatic carbocycles. The summed E-state index contributed by atoms with van der Waals surface area (Å²) in [5, 5.41) is 5.96.